The number of aliphatic carboxylic acids is 1. The Hall–Kier alpha value is -6.87. The molecule has 10 atom stereocenters. The van der Waals surface area contributed by atoms with Crippen molar-refractivity contribution in [2.24, 2.45) is 78.8 Å². The predicted octanol–water partition coefficient (Wildman–Crippen LogP) is -5.04. The van der Waals surface area contributed by atoms with E-state index in [1.165, 1.54) is 0 Å². The highest BCUT2D eigenvalue weighted by atomic mass is 32.1. The van der Waals surface area contributed by atoms with Crippen molar-refractivity contribution in [3.63, 3.8) is 0 Å². The SMILES string of the molecule is CC(C)C[C@H](NC(=O)[C@H](CC(C)C)NC(=O)[C@H](CCCN=C(N)N)NC(=O)[C@H](CO)NC(=O)[C@H](CCCN=C(N)N)NC(=O)[C@H](CCCN=C(N)N)NC(=O)[C@H](CC(C)C)NC(=O)[C@H](CC(C)C)NC(=O)[C@@H](N)CS)C(=O)N[C@@H](CS)C(=O)O. The second-order valence-electron chi connectivity index (χ2n) is 21.9. The van der Waals surface area contributed by atoms with Crippen LogP contribution < -0.4 is 88.0 Å². The Labute approximate surface area is 503 Å². The highest BCUT2D eigenvalue weighted by Crippen LogP contribution is 2.14. The lowest BCUT2D eigenvalue weighted by molar-refractivity contribution is -0.141. The number of aliphatic hydroxyl groups is 1. The summed E-state index contributed by atoms with van der Waals surface area (Å²) in [5, 5.41) is 43.3. The van der Waals surface area contributed by atoms with Gasteiger partial charge in [-0.25, -0.2) is 4.79 Å². The Morgan fingerprint density at radius 2 is 0.595 bits per heavy atom. The van der Waals surface area contributed by atoms with Crippen LogP contribution in [0.4, 0.5) is 0 Å². The number of hydrogen-bond acceptors (Lipinski definition) is 17. The second-order valence-corrected chi connectivity index (χ2v) is 22.6. The average Bonchev–Trinajstić information content (AvgIpc) is 3.55. The maximum atomic E-state index is 14.4. The van der Waals surface area contributed by atoms with Crippen LogP contribution in [0.1, 0.15) is 120 Å². The van der Waals surface area contributed by atoms with Gasteiger partial charge >= 0.3 is 5.97 Å². The second kappa shape index (κ2) is 41.2. The summed E-state index contributed by atoms with van der Waals surface area (Å²) in [6, 6.07) is -13.4. The molecule has 480 valence electrons. The molecule has 25 N–H and O–H groups in total. The maximum absolute atomic E-state index is 14.4. The number of hydrogen-bond donors (Lipinski definition) is 20. The number of nitrogens with one attached hydrogen (secondary N) is 9. The maximum Gasteiger partial charge on any atom is 0.327 e. The minimum atomic E-state index is -1.78. The Morgan fingerprint density at radius 3 is 0.821 bits per heavy atom. The third kappa shape index (κ3) is 32.8. The van der Waals surface area contributed by atoms with E-state index in [2.05, 4.69) is 88.1 Å². The quantitative estimate of drug-likeness (QED) is 0.0118. The van der Waals surface area contributed by atoms with Gasteiger partial charge in [-0.05, 0) is 87.9 Å². The van der Waals surface area contributed by atoms with Crippen LogP contribution in [0.3, 0.4) is 0 Å². The summed E-state index contributed by atoms with van der Waals surface area (Å²) in [7, 11) is 0. The van der Waals surface area contributed by atoms with Gasteiger partial charge in [-0.1, -0.05) is 55.4 Å². The fraction of sp³-hybridized carbons (Fsp3) is 0.745. The van der Waals surface area contributed by atoms with E-state index < -0.39 is 126 Å². The molecule has 0 heterocycles. The average molecular weight is 1230 g/mol. The lowest BCUT2D eigenvalue weighted by Gasteiger charge is -2.29. The van der Waals surface area contributed by atoms with Crippen molar-refractivity contribution in [1.29, 1.82) is 0 Å². The number of carboxylic acid groups (broad SMARTS) is 1. The Morgan fingerprint density at radius 1 is 0.369 bits per heavy atom. The van der Waals surface area contributed by atoms with Crippen molar-refractivity contribution in [2.75, 3.05) is 37.7 Å². The minimum Gasteiger partial charge on any atom is -0.480 e. The van der Waals surface area contributed by atoms with Crippen LogP contribution >= 0.6 is 25.3 Å². The number of rotatable bonds is 42. The van der Waals surface area contributed by atoms with E-state index in [9.17, 15) is 58.2 Å². The molecule has 0 aromatic rings. The molecule has 0 bridgehead atoms. The number of aliphatic hydroxyl groups excluding tert-OH is 1. The van der Waals surface area contributed by atoms with Gasteiger partial charge in [0.15, 0.2) is 17.9 Å². The van der Waals surface area contributed by atoms with Crippen molar-refractivity contribution in [3.05, 3.63) is 0 Å². The first kappa shape index (κ1) is 77.1. The third-order valence-electron chi connectivity index (χ3n) is 12.2. The molecule has 0 rings (SSSR count). The zero-order chi connectivity index (χ0) is 64.4. The summed E-state index contributed by atoms with van der Waals surface area (Å²) in [5.41, 5.74) is 39.0. The molecule has 0 saturated heterocycles. The van der Waals surface area contributed by atoms with Gasteiger partial charge < -0.3 is 98.2 Å². The fourth-order valence-electron chi connectivity index (χ4n) is 8.05. The summed E-state index contributed by atoms with van der Waals surface area (Å²) < 4.78 is 0. The number of nitrogens with zero attached hydrogens (tertiary/aromatic N) is 3. The fourth-order valence-corrected chi connectivity index (χ4v) is 8.46. The van der Waals surface area contributed by atoms with Crippen LogP contribution in [0.25, 0.3) is 0 Å². The number of carboxylic acids is 1. The highest BCUT2D eigenvalue weighted by Gasteiger charge is 2.36. The summed E-state index contributed by atoms with van der Waals surface area (Å²) in [4.78, 5) is 148. The number of aliphatic imine (C=N–C) groups is 3. The molecule has 31 nitrogen and oxygen atoms in total. The molecule has 33 heteroatoms. The van der Waals surface area contributed by atoms with E-state index >= 15 is 0 Å². The Bertz CT molecular complexity index is 2230. The third-order valence-corrected chi connectivity index (χ3v) is 13.0. The van der Waals surface area contributed by atoms with E-state index in [-0.39, 0.29) is 137 Å². The molecule has 0 aliphatic rings. The van der Waals surface area contributed by atoms with Crippen molar-refractivity contribution < 1.29 is 58.2 Å². The van der Waals surface area contributed by atoms with E-state index in [1.54, 1.807) is 41.5 Å². The molecule has 0 spiro atoms. The van der Waals surface area contributed by atoms with Crippen LogP contribution in [0.5, 0.6) is 0 Å². The standard InChI is InChI=1S/C51H97N19O12S2/c1-25(2)18-33(65-39(72)29(52)23-83)44(77)67-34(19-26(3)4)43(76)63-30(12-9-15-59-49(53)54)40(73)62-32(14-11-17-61-51(57)58)42(75)69-37(22-71)47(80)64-31(13-10-16-60-50(55)56)41(74)66-35(20-27(5)6)45(78)68-36(21-28(7)8)46(79)70-38(24-84)48(81)82/h25-38,71,83-84H,9-24,52H2,1-8H3,(H,62,73)(H,63,76)(H,64,80)(H,65,72)(H,66,74)(H,67,77)(H,68,78)(H,69,75)(H,70,79)(H,81,82)(H4,53,54,59)(H4,55,56,60)(H4,57,58,61)/t29-,30-,31-,32-,33-,34-,35-,36-,37-,38-/m0/s1. The molecule has 0 fully saturated rings. The number of carbonyl (C=O) groups excluding carboxylic acids is 9. The molecule has 9 amide bonds. The molecule has 0 aliphatic carbocycles. The number of nitrogens with two attached hydrogens (primary N) is 7. The molecule has 0 radical (unpaired) electrons. The first-order valence-electron chi connectivity index (χ1n) is 28.0. The summed E-state index contributed by atoms with van der Waals surface area (Å²) in [6.45, 7) is 13.3. The van der Waals surface area contributed by atoms with Crippen LogP contribution in [-0.2, 0) is 47.9 Å². The van der Waals surface area contributed by atoms with Crippen LogP contribution in [0.15, 0.2) is 15.0 Å². The Balaban J connectivity index is 7.12. The minimum absolute atomic E-state index is 0.00185. The molecule has 84 heavy (non-hydrogen) atoms. The van der Waals surface area contributed by atoms with Gasteiger partial charge in [0, 0.05) is 31.1 Å². The first-order valence-corrected chi connectivity index (χ1v) is 29.2. The lowest BCUT2D eigenvalue weighted by Crippen LogP contribution is -2.61. The van der Waals surface area contributed by atoms with E-state index in [0.717, 1.165) is 0 Å². The van der Waals surface area contributed by atoms with Gasteiger partial charge in [0.2, 0.25) is 53.2 Å². The van der Waals surface area contributed by atoms with Crippen LogP contribution in [0, 0.1) is 23.7 Å². The number of carbonyl (C=O) groups is 10. The van der Waals surface area contributed by atoms with Gasteiger partial charge in [-0.3, -0.25) is 58.1 Å². The molecular formula is C51H97N19O12S2. The number of amides is 9. The van der Waals surface area contributed by atoms with Gasteiger partial charge in [0.25, 0.3) is 0 Å². The normalized spacial score (nSPS) is 14.8. The van der Waals surface area contributed by atoms with Crippen LogP contribution in [-0.4, -0.2) is 185 Å². The summed E-state index contributed by atoms with van der Waals surface area (Å²) in [5.74, 6) is -10.6. The number of guanidine groups is 3. The smallest absolute Gasteiger partial charge is 0.327 e. The molecule has 0 aromatic carbocycles. The van der Waals surface area contributed by atoms with E-state index in [4.69, 9.17) is 40.1 Å². The molecule has 0 aliphatic heterocycles. The lowest BCUT2D eigenvalue weighted by atomic mass is 9.99. The molecule has 0 saturated carbocycles. The van der Waals surface area contributed by atoms with Gasteiger partial charge in [-0.2, -0.15) is 25.3 Å². The topological polar surface area (TPSA) is 539 Å². The first-order chi connectivity index (χ1) is 39.3. The molecule has 0 unspecified atom stereocenters. The van der Waals surface area contributed by atoms with Gasteiger partial charge in [0.1, 0.15) is 54.4 Å². The zero-order valence-corrected chi connectivity index (χ0v) is 51.4. The van der Waals surface area contributed by atoms with Crippen molar-refractivity contribution in [3.8, 4) is 0 Å². The highest BCUT2D eigenvalue weighted by molar-refractivity contribution is 7.80. The van der Waals surface area contributed by atoms with Gasteiger partial charge in [0.05, 0.1) is 12.6 Å². The summed E-state index contributed by atoms with van der Waals surface area (Å²) >= 11 is 8.07. The summed E-state index contributed by atoms with van der Waals surface area (Å²) in [6.07, 6.45) is 0.203. The molecular weight excluding hydrogens is 1130 g/mol. The van der Waals surface area contributed by atoms with Crippen molar-refractivity contribution in [1.82, 2.24) is 47.9 Å². The predicted molar refractivity (Wildman–Crippen MR) is 325 cm³/mol. The monoisotopic (exact) mass is 1230 g/mol. The van der Waals surface area contributed by atoms with Crippen LogP contribution in [0.2, 0.25) is 0 Å². The van der Waals surface area contributed by atoms with E-state index in [1.807, 2.05) is 13.8 Å². The van der Waals surface area contributed by atoms with Crippen molar-refractivity contribution in [2.45, 2.75) is 180 Å². The Kier molecular flexibility index (Phi) is 37.8. The van der Waals surface area contributed by atoms with Crippen molar-refractivity contribution >= 4 is 102 Å². The largest absolute Gasteiger partial charge is 0.480 e. The van der Waals surface area contributed by atoms with Gasteiger partial charge in [-0.15, -0.1) is 0 Å². The zero-order valence-electron chi connectivity index (χ0n) is 49.7. The number of thiol groups is 2. The van der Waals surface area contributed by atoms with E-state index in [0.29, 0.717) is 0 Å². The molecule has 0 aromatic heterocycles.